The van der Waals surface area contributed by atoms with Crippen LogP contribution in [0.3, 0.4) is 0 Å². The third kappa shape index (κ3) is 3.48. The Morgan fingerprint density at radius 2 is 2.33 bits per heavy atom. The number of carbonyl (C=O) groups is 1. The molecule has 0 aliphatic carbocycles. The topological polar surface area (TPSA) is 96.5 Å². The Morgan fingerprint density at radius 3 is 3.10 bits per heavy atom. The molecule has 3 heterocycles. The highest BCUT2D eigenvalue weighted by Crippen LogP contribution is 2.10. The van der Waals surface area contributed by atoms with Crippen LogP contribution < -0.4 is 5.32 Å². The average molecular weight is 300 g/mol. The van der Waals surface area contributed by atoms with E-state index >= 15 is 0 Å². The molecule has 0 fully saturated rings. The van der Waals surface area contributed by atoms with E-state index in [1.165, 1.54) is 0 Å². The van der Waals surface area contributed by atoms with Gasteiger partial charge in [-0.05, 0) is 11.4 Å². The van der Waals surface area contributed by atoms with Crippen molar-refractivity contribution in [3.05, 3.63) is 46.8 Å². The molecule has 0 aromatic carbocycles. The number of carbonyl (C=O) groups excluding carboxylic acids is 1. The molecule has 0 saturated heterocycles. The Balaban J connectivity index is 1.56. The van der Waals surface area contributed by atoms with Crippen molar-refractivity contribution in [1.29, 1.82) is 0 Å². The summed E-state index contributed by atoms with van der Waals surface area (Å²) in [5, 5.41) is 11.6. The first kappa shape index (κ1) is 13.4. The highest BCUT2D eigenvalue weighted by molar-refractivity contribution is 7.10. The molecule has 0 atom stereocenters. The van der Waals surface area contributed by atoms with Gasteiger partial charge in [0.05, 0.1) is 19.2 Å². The summed E-state index contributed by atoms with van der Waals surface area (Å²) in [6, 6.07) is 3.86. The van der Waals surface area contributed by atoms with Gasteiger partial charge in [-0.1, -0.05) is 6.07 Å². The minimum Gasteiger partial charge on any atom is -0.349 e. The summed E-state index contributed by atoms with van der Waals surface area (Å²) >= 11 is 1.56. The van der Waals surface area contributed by atoms with E-state index in [-0.39, 0.29) is 5.91 Å². The second kappa shape index (κ2) is 6.23. The van der Waals surface area contributed by atoms with Gasteiger partial charge >= 0.3 is 0 Å². The summed E-state index contributed by atoms with van der Waals surface area (Å²) in [5.41, 5.74) is 0.588. The molecule has 8 heteroatoms. The van der Waals surface area contributed by atoms with E-state index in [2.05, 4.69) is 30.5 Å². The maximum atomic E-state index is 11.8. The van der Waals surface area contributed by atoms with E-state index in [0.29, 0.717) is 30.3 Å². The Labute approximate surface area is 124 Å². The van der Waals surface area contributed by atoms with Crippen LogP contribution >= 0.6 is 11.3 Å². The normalized spacial score (nSPS) is 10.5. The monoisotopic (exact) mass is 300 g/mol. The summed E-state index contributed by atoms with van der Waals surface area (Å²) in [6.45, 7) is 0.303. The van der Waals surface area contributed by atoms with E-state index in [1.807, 2.05) is 17.5 Å². The fraction of sp³-hybridized carbons (Fsp3) is 0.154. The van der Waals surface area contributed by atoms with Crippen molar-refractivity contribution in [2.24, 2.45) is 0 Å². The Bertz CT molecular complexity index is 709. The maximum absolute atomic E-state index is 11.8. The summed E-state index contributed by atoms with van der Waals surface area (Å²) in [7, 11) is 0. The number of aromatic nitrogens is 5. The van der Waals surface area contributed by atoms with Crippen LogP contribution in [0.4, 0.5) is 0 Å². The molecule has 0 aliphatic heterocycles. The van der Waals surface area contributed by atoms with Gasteiger partial charge in [-0.25, -0.2) is 9.97 Å². The number of aromatic amines is 1. The second-order valence-corrected chi connectivity index (χ2v) is 5.26. The molecule has 0 unspecified atom stereocenters. The van der Waals surface area contributed by atoms with Gasteiger partial charge < -0.3 is 5.32 Å². The average Bonchev–Trinajstić information content (AvgIpc) is 3.17. The number of hydrogen-bond donors (Lipinski definition) is 2. The van der Waals surface area contributed by atoms with E-state index in [4.69, 9.17) is 0 Å². The van der Waals surface area contributed by atoms with E-state index in [0.717, 1.165) is 4.88 Å². The predicted octanol–water partition coefficient (Wildman–Crippen LogP) is 1.18. The van der Waals surface area contributed by atoms with Gasteiger partial charge in [-0.3, -0.25) is 14.9 Å². The third-order valence-electron chi connectivity index (χ3n) is 2.69. The lowest BCUT2D eigenvalue weighted by molar-refractivity contribution is -0.120. The zero-order chi connectivity index (χ0) is 14.5. The van der Waals surface area contributed by atoms with Crippen molar-refractivity contribution in [3.63, 3.8) is 0 Å². The standard InChI is InChI=1S/C13H12N6OS/c20-12(6-9-2-1-5-21-9)16-8-11-17-13(19-18-11)10-7-14-3-4-15-10/h1-5,7H,6,8H2,(H,16,20)(H,17,18,19). The molecule has 0 saturated carbocycles. The molecule has 0 spiro atoms. The molecule has 21 heavy (non-hydrogen) atoms. The van der Waals surface area contributed by atoms with Crippen LogP contribution in [0.2, 0.25) is 0 Å². The van der Waals surface area contributed by atoms with Crippen LogP contribution in [-0.2, 0) is 17.8 Å². The number of H-pyrrole nitrogens is 1. The lowest BCUT2D eigenvalue weighted by atomic mass is 10.3. The fourth-order valence-corrected chi connectivity index (χ4v) is 2.42. The summed E-state index contributed by atoms with van der Waals surface area (Å²) < 4.78 is 0. The van der Waals surface area contributed by atoms with Crippen molar-refractivity contribution >= 4 is 17.2 Å². The molecule has 7 nitrogen and oxygen atoms in total. The fourth-order valence-electron chi connectivity index (χ4n) is 1.72. The van der Waals surface area contributed by atoms with Crippen LogP contribution in [0.15, 0.2) is 36.1 Å². The number of nitrogens with one attached hydrogen (secondary N) is 2. The Morgan fingerprint density at radius 1 is 1.38 bits per heavy atom. The number of thiophene rings is 1. The van der Waals surface area contributed by atoms with Gasteiger partial charge in [0.15, 0.2) is 0 Å². The van der Waals surface area contributed by atoms with Gasteiger partial charge in [-0.15, -0.1) is 11.3 Å². The smallest absolute Gasteiger partial charge is 0.225 e. The molecule has 3 aromatic rings. The van der Waals surface area contributed by atoms with Crippen LogP contribution in [0, 0.1) is 0 Å². The van der Waals surface area contributed by atoms with Crippen molar-refractivity contribution in [2.45, 2.75) is 13.0 Å². The molecular weight excluding hydrogens is 288 g/mol. The number of hydrogen-bond acceptors (Lipinski definition) is 6. The molecule has 3 rings (SSSR count). The van der Waals surface area contributed by atoms with Crippen molar-refractivity contribution < 1.29 is 4.79 Å². The van der Waals surface area contributed by atoms with Crippen LogP contribution in [0.5, 0.6) is 0 Å². The van der Waals surface area contributed by atoms with E-state index in [1.54, 1.807) is 29.9 Å². The number of nitrogens with zero attached hydrogens (tertiary/aromatic N) is 4. The second-order valence-electron chi connectivity index (χ2n) is 4.23. The highest BCUT2D eigenvalue weighted by atomic mass is 32.1. The number of rotatable bonds is 5. The minimum atomic E-state index is -0.0464. The molecule has 106 valence electrons. The quantitative estimate of drug-likeness (QED) is 0.737. The zero-order valence-corrected chi connectivity index (χ0v) is 11.8. The van der Waals surface area contributed by atoms with Crippen LogP contribution in [-0.4, -0.2) is 31.1 Å². The summed E-state index contributed by atoms with van der Waals surface area (Å²) in [6.07, 6.45) is 5.13. The van der Waals surface area contributed by atoms with Gasteiger partial charge in [0.2, 0.25) is 11.7 Å². The lowest BCUT2D eigenvalue weighted by Gasteiger charge is -2.00. The van der Waals surface area contributed by atoms with Crippen molar-refractivity contribution in [1.82, 2.24) is 30.5 Å². The molecule has 2 N–H and O–H groups in total. The Kier molecular flexibility index (Phi) is 3.97. The maximum Gasteiger partial charge on any atom is 0.225 e. The first-order valence-corrected chi connectivity index (χ1v) is 7.16. The summed E-state index contributed by atoms with van der Waals surface area (Å²) in [5.74, 6) is 0.996. The molecule has 0 radical (unpaired) electrons. The first-order chi connectivity index (χ1) is 10.3. The number of amides is 1. The molecule has 0 bridgehead atoms. The zero-order valence-electron chi connectivity index (χ0n) is 11.0. The van der Waals surface area contributed by atoms with Gasteiger partial charge in [-0.2, -0.15) is 5.10 Å². The lowest BCUT2D eigenvalue weighted by Crippen LogP contribution is -2.24. The molecule has 3 aromatic heterocycles. The minimum absolute atomic E-state index is 0.0464. The molecular formula is C13H12N6OS. The van der Waals surface area contributed by atoms with Gasteiger partial charge in [0.25, 0.3) is 0 Å². The largest absolute Gasteiger partial charge is 0.349 e. The predicted molar refractivity (Wildman–Crippen MR) is 77.3 cm³/mol. The summed E-state index contributed by atoms with van der Waals surface area (Å²) in [4.78, 5) is 25.1. The molecule has 1 amide bonds. The highest BCUT2D eigenvalue weighted by Gasteiger charge is 2.09. The van der Waals surface area contributed by atoms with Gasteiger partial charge in [0.1, 0.15) is 11.5 Å². The SMILES string of the molecule is O=C(Cc1cccs1)NCc1nc(-c2cnccn2)n[nH]1. The van der Waals surface area contributed by atoms with Gasteiger partial charge in [0, 0.05) is 17.3 Å². The van der Waals surface area contributed by atoms with E-state index in [9.17, 15) is 4.79 Å². The molecule has 0 aliphatic rings. The Hall–Kier alpha value is -2.61. The van der Waals surface area contributed by atoms with Crippen LogP contribution in [0.25, 0.3) is 11.5 Å². The third-order valence-corrected chi connectivity index (χ3v) is 3.57. The van der Waals surface area contributed by atoms with Crippen molar-refractivity contribution in [3.8, 4) is 11.5 Å². The van der Waals surface area contributed by atoms with Crippen molar-refractivity contribution in [2.75, 3.05) is 0 Å². The first-order valence-electron chi connectivity index (χ1n) is 6.28. The van der Waals surface area contributed by atoms with Crippen LogP contribution in [0.1, 0.15) is 10.7 Å². The van der Waals surface area contributed by atoms with E-state index < -0.39 is 0 Å².